The van der Waals surface area contributed by atoms with Crippen LogP contribution in [0.15, 0.2) is 0 Å². The van der Waals surface area contributed by atoms with Crippen molar-refractivity contribution in [2.75, 3.05) is 19.9 Å². The molecule has 0 saturated carbocycles. The van der Waals surface area contributed by atoms with Gasteiger partial charge in [0.15, 0.2) is 18.7 Å². The lowest BCUT2D eigenvalue weighted by Crippen LogP contribution is -2.66. The van der Waals surface area contributed by atoms with E-state index in [4.69, 9.17) is 28.2 Å². The molecule has 2 heterocycles. The van der Waals surface area contributed by atoms with Gasteiger partial charge < -0.3 is 69.9 Å². The molecule has 9 N–H and O–H groups in total. The molecule has 2 rings (SSSR count). The highest BCUT2D eigenvalue weighted by molar-refractivity contribution is 7.51. The normalized spacial score (nSPS) is 23.1. The van der Waals surface area contributed by atoms with Crippen LogP contribution in [0.5, 0.6) is 0 Å². The van der Waals surface area contributed by atoms with Crippen molar-refractivity contribution in [3.63, 3.8) is 0 Å². The highest BCUT2D eigenvalue weighted by Crippen LogP contribution is 2.42. The quantitative estimate of drug-likeness (QED) is 0.0155. The van der Waals surface area contributed by atoms with Gasteiger partial charge in [-0.25, -0.2) is 0 Å². The topological polar surface area (TPSA) is 306 Å². The highest BCUT2D eigenvalue weighted by atomic mass is 31.2. The van der Waals surface area contributed by atoms with Gasteiger partial charge in [0.25, 0.3) is 0 Å². The van der Waals surface area contributed by atoms with Crippen molar-refractivity contribution < 1.29 is 87.5 Å². The smallest absolute Gasteiger partial charge is 0.327 e. The molecule has 0 spiro atoms. The van der Waals surface area contributed by atoms with Gasteiger partial charge in [-0.15, -0.1) is 0 Å². The van der Waals surface area contributed by atoms with Gasteiger partial charge in [-0.2, -0.15) is 0 Å². The second-order valence-electron chi connectivity index (χ2n) is 26.4. The molecule has 0 radical (unpaired) electrons. The van der Waals surface area contributed by atoms with Crippen molar-refractivity contribution in [2.45, 2.75) is 396 Å². The molecule has 21 heteroatoms. The summed E-state index contributed by atoms with van der Waals surface area (Å²) >= 11 is 0. The Morgan fingerprint density at radius 3 is 1.17 bits per heavy atom. The van der Waals surface area contributed by atoms with Crippen LogP contribution in [-0.4, -0.2) is 159 Å². The van der Waals surface area contributed by atoms with Crippen LogP contribution in [0.25, 0.3) is 0 Å². The first-order valence-corrected chi connectivity index (χ1v) is 38.3. The highest BCUT2D eigenvalue weighted by Gasteiger charge is 2.52. The van der Waals surface area contributed by atoms with Crippen LogP contribution in [0.2, 0.25) is 0 Å². The van der Waals surface area contributed by atoms with E-state index in [1.54, 1.807) is 0 Å². The van der Waals surface area contributed by atoms with E-state index in [1.807, 2.05) is 0 Å². The van der Waals surface area contributed by atoms with Crippen molar-refractivity contribution in [2.24, 2.45) is 0 Å². The molecule has 20 nitrogen and oxygen atoms in total. The maximum atomic E-state index is 13.9. The lowest BCUT2D eigenvalue weighted by atomic mass is 9.95. The zero-order valence-corrected chi connectivity index (χ0v) is 57.7. The van der Waals surface area contributed by atoms with Gasteiger partial charge in [0, 0.05) is 13.1 Å². The summed E-state index contributed by atoms with van der Waals surface area (Å²) in [6.45, 7) is 8.36. The van der Waals surface area contributed by atoms with E-state index in [-0.39, 0.29) is 19.3 Å². The Bertz CT molecular complexity index is 1850. The maximum absolute atomic E-state index is 13.9. The number of carbonyl (C=O) groups is 4. The molecule has 5 unspecified atom stereocenters. The van der Waals surface area contributed by atoms with E-state index in [0.717, 1.165) is 116 Å². The van der Waals surface area contributed by atoms with E-state index in [2.05, 4.69) is 38.3 Å². The van der Waals surface area contributed by atoms with Crippen molar-refractivity contribution in [1.29, 1.82) is 0 Å². The Balaban J connectivity index is 2.39. The van der Waals surface area contributed by atoms with Crippen molar-refractivity contribution in [3.05, 3.63) is 0 Å². The van der Waals surface area contributed by atoms with Gasteiger partial charge >= 0.3 is 19.5 Å². The largest absolute Gasteiger partial charge is 0.460 e. The summed E-state index contributed by atoms with van der Waals surface area (Å²) in [5.41, 5.74) is 0. The van der Waals surface area contributed by atoms with E-state index in [9.17, 15) is 59.3 Å². The molecule has 0 aliphatic carbocycles. The van der Waals surface area contributed by atoms with Crippen LogP contribution >= 0.6 is 7.60 Å². The van der Waals surface area contributed by atoms with Crippen molar-refractivity contribution in [1.82, 2.24) is 10.6 Å². The molecule has 14 atom stereocenters. The van der Waals surface area contributed by atoms with Gasteiger partial charge in [0.1, 0.15) is 30.4 Å². The second kappa shape index (κ2) is 52.9. The van der Waals surface area contributed by atoms with Crippen LogP contribution in [0.4, 0.5) is 0 Å². The first-order chi connectivity index (χ1) is 43.3. The van der Waals surface area contributed by atoms with E-state index >= 15 is 0 Å². The summed E-state index contributed by atoms with van der Waals surface area (Å²) in [6.07, 6.45) is 23.2. The fourth-order valence-corrected chi connectivity index (χ4v) is 12.7. The molecule has 90 heavy (non-hydrogen) atoms. The molecule has 2 aliphatic heterocycles. The predicted molar refractivity (Wildman–Crippen MR) is 351 cm³/mol. The number of hydrogen-bond donors (Lipinski definition) is 9. The predicted octanol–water partition coefficient (Wildman–Crippen LogP) is 12.5. The van der Waals surface area contributed by atoms with Crippen LogP contribution in [0, 0.1) is 0 Å². The Morgan fingerprint density at radius 1 is 0.478 bits per heavy atom. The number of rotatable bonds is 58. The maximum Gasteiger partial charge on any atom is 0.327 e. The summed E-state index contributed by atoms with van der Waals surface area (Å²) in [5, 5.41) is 72.3. The minimum Gasteiger partial charge on any atom is -0.460 e. The number of carbonyl (C=O) groups excluding carboxylic acids is 4. The fourth-order valence-electron chi connectivity index (χ4n) is 12.2. The van der Waals surface area contributed by atoms with E-state index in [0.29, 0.717) is 44.9 Å². The number of esters is 2. The molecule has 2 amide bonds. The first-order valence-electron chi connectivity index (χ1n) is 36.2. The molecule has 2 fully saturated rings. The molecule has 0 aromatic carbocycles. The van der Waals surface area contributed by atoms with E-state index in [1.165, 1.54) is 103 Å². The standard InChI is InChI=1S/C69H131N2O18P/c1-6-10-14-18-22-26-30-34-38-42-53(73)46-60(77)70-64-58(86-62(79)48-55(75)44-40-36-32-28-24-20-16-12-8-3)50-57(51-72)85-68(64)84-52-59-66(81)67(88-63(80)49-56(76)45-41-37-33-29-25-21-17-13-9-4)65(69(87-59)89-90(5,82)83)71-61(78)47-54(74)43-39-35-31-27-23-19-15-11-7-2/h53-59,64-69,72-76,81H,6-52H2,1-5H3,(H,70,77)(H,71,78)(H,82,83)/t53-,54-,55-,56-,57?,58+,59?,64?,65?,66-,67-,68-,69-/m1/s1. The SMILES string of the molecule is CCCCCCCCCCC[C@@H](O)CC(=O)NC1[C@H](OCC2O[C@H](OP(C)(=O)O)C(NC(=O)C[C@H](O)CCCCCCCCCCC)[C@@H](OC(=O)C[C@H](O)CCCCCCCCCCC)[C@@H]2O)OC(CO)C[C@@H]1OC(=O)C[C@H](O)CCCCCCCCCCC. The number of aliphatic hydroxyl groups excluding tert-OH is 6. The van der Waals surface area contributed by atoms with Crippen LogP contribution in [0.3, 0.4) is 0 Å². The molecule has 2 saturated heterocycles. The fraction of sp³-hybridized carbons (Fsp3) is 0.942. The molecule has 2 aliphatic rings. The molecule has 0 aromatic heterocycles. The summed E-state index contributed by atoms with van der Waals surface area (Å²) in [7, 11) is -4.51. The Morgan fingerprint density at radius 2 is 0.811 bits per heavy atom. The Labute approximate surface area is 543 Å². The molecule has 0 bridgehead atoms. The Hall–Kier alpha value is -2.33. The van der Waals surface area contributed by atoms with Crippen LogP contribution in [0.1, 0.15) is 317 Å². The zero-order valence-electron chi connectivity index (χ0n) is 56.8. The van der Waals surface area contributed by atoms with Gasteiger partial charge in [0.05, 0.1) is 69.4 Å². The van der Waals surface area contributed by atoms with Gasteiger partial charge in [-0.1, -0.05) is 259 Å². The third-order valence-corrected chi connectivity index (χ3v) is 18.1. The zero-order chi connectivity index (χ0) is 66.2. The third-order valence-electron chi connectivity index (χ3n) is 17.5. The summed E-state index contributed by atoms with van der Waals surface area (Å²) in [4.78, 5) is 65.8. The third kappa shape index (κ3) is 41.5. The number of unbranched alkanes of at least 4 members (excludes halogenated alkanes) is 32. The minimum absolute atomic E-state index is 0.110. The summed E-state index contributed by atoms with van der Waals surface area (Å²) in [6, 6.07) is -2.93. The van der Waals surface area contributed by atoms with Gasteiger partial charge in [-0.3, -0.25) is 28.3 Å². The molecular weight excluding hydrogens is 1180 g/mol. The average molecular weight is 1310 g/mol. The monoisotopic (exact) mass is 1310 g/mol. The number of hydrogen-bond acceptors (Lipinski definition) is 17. The lowest BCUT2D eigenvalue weighted by molar-refractivity contribution is -0.283. The summed E-state index contributed by atoms with van der Waals surface area (Å²) in [5.74, 6) is -3.10. The number of aliphatic hydroxyl groups is 6. The minimum atomic E-state index is -4.51. The Kier molecular flexibility index (Phi) is 49.2. The van der Waals surface area contributed by atoms with Crippen molar-refractivity contribution >= 4 is 31.3 Å². The average Bonchev–Trinajstić information content (AvgIpc) is 0.839. The van der Waals surface area contributed by atoms with Gasteiger partial charge in [-0.05, 0) is 25.7 Å². The number of amides is 2. The number of ether oxygens (including phenoxy) is 5. The van der Waals surface area contributed by atoms with Crippen molar-refractivity contribution in [3.8, 4) is 0 Å². The number of nitrogens with one attached hydrogen (secondary N) is 2. The molecule has 0 aromatic rings. The van der Waals surface area contributed by atoms with E-state index < -0.39 is 137 Å². The van der Waals surface area contributed by atoms with Crippen LogP contribution in [-0.2, 0) is 52.0 Å². The molecular formula is C69H131N2O18P. The first kappa shape index (κ1) is 83.8. The lowest BCUT2D eigenvalue weighted by Gasteiger charge is -2.45. The van der Waals surface area contributed by atoms with Gasteiger partial charge in [0.2, 0.25) is 11.8 Å². The molecule has 530 valence electrons. The van der Waals surface area contributed by atoms with Crippen LogP contribution < -0.4 is 10.6 Å². The second-order valence-corrected chi connectivity index (χ2v) is 28.2. The summed E-state index contributed by atoms with van der Waals surface area (Å²) < 4.78 is 49.2.